The van der Waals surface area contributed by atoms with E-state index in [2.05, 4.69) is 10.2 Å². The molecule has 0 spiro atoms. The van der Waals surface area contributed by atoms with E-state index in [0.717, 1.165) is 38.4 Å². The van der Waals surface area contributed by atoms with Gasteiger partial charge < -0.3 is 5.32 Å². The van der Waals surface area contributed by atoms with Gasteiger partial charge in [0.2, 0.25) is 0 Å². The molecule has 0 bridgehead atoms. The second-order valence-electron chi connectivity index (χ2n) is 7.64. The van der Waals surface area contributed by atoms with E-state index in [-0.39, 0.29) is 11.1 Å². The molecule has 4 heteroatoms. The number of benzene rings is 1. The van der Waals surface area contributed by atoms with Gasteiger partial charge in [-0.2, -0.15) is 0 Å². The quantitative estimate of drug-likeness (QED) is 0.620. The van der Waals surface area contributed by atoms with E-state index in [0.29, 0.717) is 0 Å². The van der Waals surface area contributed by atoms with Gasteiger partial charge in [0.1, 0.15) is 0 Å². The SMILES string of the molecule is CC.CC.CC(F)(F)c1cccc(CC[C@@]2(N3CCCCC3)CCCNC2)c1. The molecule has 0 radical (unpaired) electrons. The second kappa shape index (κ2) is 12.5. The van der Waals surface area contributed by atoms with Crippen LogP contribution in [-0.4, -0.2) is 36.6 Å². The lowest BCUT2D eigenvalue weighted by molar-refractivity contribution is 0.0173. The Balaban J connectivity index is 0.000000921. The van der Waals surface area contributed by atoms with E-state index in [4.69, 9.17) is 0 Å². The molecule has 0 aromatic heterocycles. The predicted octanol–water partition coefficient (Wildman–Crippen LogP) is 6.39. The Kier molecular flexibility index (Phi) is 11.2. The molecule has 2 aliphatic heterocycles. The average Bonchev–Trinajstić information content (AvgIpc) is 2.76. The minimum Gasteiger partial charge on any atom is -0.315 e. The topological polar surface area (TPSA) is 15.3 Å². The van der Waals surface area contributed by atoms with Gasteiger partial charge in [-0.05, 0) is 69.8 Å². The van der Waals surface area contributed by atoms with E-state index in [9.17, 15) is 8.78 Å². The van der Waals surface area contributed by atoms with Gasteiger partial charge in [0, 0.05) is 24.6 Å². The van der Waals surface area contributed by atoms with Crippen molar-refractivity contribution < 1.29 is 8.78 Å². The normalized spacial score (nSPS) is 23.1. The van der Waals surface area contributed by atoms with Crippen LogP contribution < -0.4 is 5.32 Å². The molecule has 0 amide bonds. The number of likely N-dealkylation sites (tertiary alicyclic amines) is 1. The smallest absolute Gasteiger partial charge is 0.270 e. The third kappa shape index (κ3) is 7.11. The number of hydrogen-bond donors (Lipinski definition) is 1. The Morgan fingerprint density at radius 1 is 1.04 bits per heavy atom. The summed E-state index contributed by atoms with van der Waals surface area (Å²) in [6.45, 7) is 13.5. The summed E-state index contributed by atoms with van der Waals surface area (Å²) in [6.07, 6.45) is 8.29. The lowest BCUT2D eigenvalue weighted by Gasteiger charge is -2.48. The molecule has 0 aliphatic carbocycles. The van der Waals surface area contributed by atoms with Crippen molar-refractivity contribution in [3.63, 3.8) is 0 Å². The monoisotopic (exact) mass is 396 g/mol. The number of alkyl halides is 2. The molecule has 2 fully saturated rings. The Morgan fingerprint density at radius 2 is 1.71 bits per heavy atom. The first-order valence-corrected chi connectivity index (χ1v) is 11.4. The molecule has 2 aliphatic rings. The zero-order chi connectivity index (χ0) is 21.0. The number of nitrogens with one attached hydrogen (secondary N) is 1. The van der Waals surface area contributed by atoms with Crippen LogP contribution in [0.4, 0.5) is 8.78 Å². The molecule has 2 heterocycles. The van der Waals surface area contributed by atoms with Crippen molar-refractivity contribution in [2.24, 2.45) is 0 Å². The molecular weight excluding hydrogens is 354 g/mol. The van der Waals surface area contributed by atoms with E-state index < -0.39 is 5.92 Å². The maximum absolute atomic E-state index is 13.6. The Bertz CT molecular complexity index is 528. The molecule has 0 saturated carbocycles. The van der Waals surface area contributed by atoms with Crippen LogP contribution in [0.5, 0.6) is 0 Å². The highest BCUT2D eigenvalue weighted by molar-refractivity contribution is 5.27. The lowest BCUT2D eigenvalue weighted by Crippen LogP contribution is -2.59. The highest BCUT2D eigenvalue weighted by Crippen LogP contribution is 2.33. The highest BCUT2D eigenvalue weighted by Gasteiger charge is 2.38. The fourth-order valence-corrected chi connectivity index (χ4v) is 4.34. The Morgan fingerprint density at radius 3 is 2.29 bits per heavy atom. The molecule has 3 rings (SSSR count). The number of hydrogen-bond acceptors (Lipinski definition) is 2. The van der Waals surface area contributed by atoms with Gasteiger partial charge in [-0.3, -0.25) is 4.90 Å². The van der Waals surface area contributed by atoms with Gasteiger partial charge in [-0.25, -0.2) is 8.78 Å². The maximum atomic E-state index is 13.6. The minimum absolute atomic E-state index is 0.133. The summed E-state index contributed by atoms with van der Waals surface area (Å²) in [4.78, 5) is 2.68. The van der Waals surface area contributed by atoms with Crippen LogP contribution in [0.2, 0.25) is 0 Å². The second-order valence-corrected chi connectivity index (χ2v) is 7.64. The van der Waals surface area contributed by atoms with Crippen LogP contribution in [0.15, 0.2) is 24.3 Å². The Labute approximate surface area is 172 Å². The van der Waals surface area contributed by atoms with Crippen molar-refractivity contribution in [1.29, 1.82) is 0 Å². The van der Waals surface area contributed by atoms with E-state index in [1.807, 2.05) is 33.8 Å². The summed E-state index contributed by atoms with van der Waals surface area (Å²) in [5, 5.41) is 3.58. The first-order valence-electron chi connectivity index (χ1n) is 11.4. The predicted molar refractivity (Wildman–Crippen MR) is 117 cm³/mol. The third-order valence-electron chi connectivity index (χ3n) is 5.79. The summed E-state index contributed by atoms with van der Waals surface area (Å²) >= 11 is 0. The number of aryl methyl sites for hydroxylation is 1. The fraction of sp³-hybridized carbons (Fsp3) is 0.750. The Hall–Kier alpha value is -1.00. The van der Waals surface area contributed by atoms with Crippen LogP contribution in [-0.2, 0) is 12.3 Å². The number of nitrogens with zero attached hydrogens (tertiary/aromatic N) is 1. The third-order valence-corrected chi connectivity index (χ3v) is 5.79. The molecule has 2 nitrogen and oxygen atoms in total. The molecule has 1 N–H and O–H groups in total. The molecule has 2 saturated heterocycles. The van der Waals surface area contributed by atoms with Gasteiger partial charge in [0.15, 0.2) is 0 Å². The van der Waals surface area contributed by atoms with Gasteiger partial charge in [-0.15, -0.1) is 0 Å². The maximum Gasteiger partial charge on any atom is 0.270 e. The summed E-state index contributed by atoms with van der Waals surface area (Å²) in [7, 11) is 0. The first kappa shape index (κ1) is 25.0. The average molecular weight is 397 g/mol. The molecule has 28 heavy (non-hydrogen) atoms. The van der Waals surface area contributed by atoms with Crippen molar-refractivity contribution in [2.45, 2.75) is 91.0 Å². The summed E-state index contributed by atoms with van der Waals surface area (Å²) in [6, 6.07) is 7.00. The van der Waals surface area contributed by atoms with Crippen LogP contribution >= 0.6 is 0 Å². The van der Waals surface area contributed by atoms with Crippen LogP contribution in [0, 0.1) is 0 Å². The molecule has 1 aromatic carbocycles. The first-order chi connectivity index (χ1) is 13.5. The van der Waals surface area contributed by atoms with Gasteiger partial charge in [0.05, 0.1) is 0 Å². The van der Waals surface area contributed by atoms with Crippen molar-refractivity contribution in [3.8, 4) is 0 Å². The van der Waals surface area contributed by atoms with Crippen molar-refractivity contribution in [3.05, 3.63) is 35.4 Å². The largest absolute Gasteiger partial charge is 0.315 e. The number of halogens is 2. The summed E-state index contributed by atoms with van der Waals surface area (Å²) in [5.41, 5.74) is 1.38. The molecule has 1 atom stereocenters. The molecule has 0 unspecified atom stereocenters. The summed E-state index contributed by atoms with van der Waals surface area (Å²) < 4.78 is 27.2. The highest BCUT2D eigenvalue weighted by atomic mass is 19.3. The van der Waals surface area contributed by atoms with E-state index in [1.54, 1.807) is 12.1 Å². The summed E-state index contributed by atoms with van der Waals surface area (Å²) in [5.74, 6) is -2.76. The number of rotatable bonds is 5. The van der Waals surface area contributed by atoms with Crippen LogP contribution in [0.1, 0.15) is 84.3 Å². The lowest BCUT2D eigenvalue weighted by atomic mass is 9.81. The minimum atomic E-state index is -2.76. The molecular formula is C24H42F2N2. The van der Waals surface area contributed by atoms with Gasteiger partial charge in [-0.1, -0.05) is 52.3 Å². The zero-order valence-corrected chi connectivity index (χ0v) is 18.8. The molecule has 1 aromatic rings. The molecule has 162 valence electrons. The van der Waals surface area contributed by atoms with Crippen LogP contribution in [0.3, 0.4) is 0 Å². The van der Waals surface area contributed by atoms with Gasteiger partial charge >= 0.3 is 0 Å². The standard InChI is InChI=1S/C20H30F2N2.2C2H6/c1-19(21,22)18-8-5-7-17(15-18)9-11-20(10-6-12-23-16-20)24-13-3-2-4-14-24;2*1-2/h5,7-8,15,23H,2-4,6,9-14,16H2,1H3;2*1-2H3/t20-;;/m0../s1. The van der Waals surface area contributed by atoms with Crippen molar-refractivity contribution in [2.75, 3.05) is 26.2 Å². The number of piperidine rings is 2. The van der Waals surface area contributed by atoms with Crippen LogP contribution in [0.25, 0.3) is 0 Å². The van der Waals surface area contributed by atoms with E-state index in [1.165, 1.54) is 51.3 Å². The fourth-order valence-electron chi connectivity index (χ4n) is 4.34. The van der Waals surface area contributed by atoms with Gasteiger partial charge in [0.25, 0.3) is 5.92 Å². The zero-order valence-electron chi connectivity index (χ0n) is 18.8. The van der Waals surface area contributed by atoms with Crippen molar-refractivity contribution in [1.82, 2.24) is 10.2 Å². The van der Waals surface area contributed by atoms with E-state index >= 15 is 0 Å². The van der Waals surface area contributed by atoms with Crippen molar-refractivity contribution >= 4 is 0 Å².